The molecule has 154 valence electrons. The van der Waals surface area contributed by atoms with E-state index in [1.165, 1.54) is 0 Å². The van der Waals surface area contributed by atoms with Crippen LogP contribution in [-0.2, 0) is 11.3 Å². The third-order valence-electron chi connectivity index (χ3n) is 5.28. The van der Waals surface area contributed by atoms with Gasteiger partial charge in [-0.3, -0.25) is 9.69 Å². The number of nitrogens with zero attached hydrogens (tertiary/aromatic N) is 5. The van der Waals surface area contributed by atoms with Gasteiger partial charge in [-0.25, -0.2) is 4.68 Å². The summed E-state index contributed by atoms with van der Waals surface area (Å²) in [6, 6.07) is 17.4. The predicted octanol–water partition coefficient (Wildman–Crippen LogP) is 2.97. The van der Waals surface area contributed by atoms with E-state index in [0.717, 1.165) is 11.1 Å². The molecule has 2 heterocycles. The van der Waals surface area contributed by atoms with Crippen molar-refractivity contribution in [2.24, 2.45) is 0 Å². The Balaban J connectivity index is 1.43. The Labute approximate surface area is 180 Å². The van der Waals surface area contributed by atoms with Crippen LogP contribution in [0.5, 0.6) is 0 Å². The second-order valence-electron chi connectivity index (χ2n) is 7.27. The molecule has 30 heavy (non-hydrogen) atoms. The zero-order valence-electron chi connectivity index (χ0n) is 16.4. The minimum absolute atomic E-state index is 0.0152. The SMILES string of the molecule is O=C(NCc1ccccc1Cl)[C@@H]1C[C@@H](n2cnnn2)CN1C/C=C/c1ccccc1. The fourth-order valence-electron chi connectivity index (χ4n) is 3.71. The van der Waals surface area contributed by atoms with Crippen molar-refractivity contribution in [1.82, 2.24) is 30.4 Å². The molecule has 1 fully saturated rings. The lowest BCUT2D eigenvalue weighted by molar-refractivity contribution is -0.125. The van der Waals surface area contributed by atoms with Gasteiger partial charge in [-0.1, -0.05) is 72.3 Å². The van der Waals surface area contributed by atoms with Gasteiger partial charge in [-0.05, 0) is 34.0 Å². The smallest absolute Gasteiger partial charge is 0.237 e. The highest BCUT2D eigenvalue weighted by molar-refractivity contribution is 6.31. The molecule has 4 rings (SSSR count). The molecule has 0 radical (unpaired) electrons. The third-order valence-corrected chi connectivity index (χ3v) is 5.65. The maximum absolute atomic E-state index is 13.0. The van der Waals surface area contributed by atoms with Crippen LogP contribution < -0.4 is 5.32 Å². The third kappa shape index (κ3) is 4.93. The molecular formula is C22H23ClN6O. The molecule has 8 heteroatoms. The molecule has 1 N–H and O–H groups in total. The number of nitrogens with one attached hydrogen (secondary N) is 1. The van der Waals surface area contributed by atoms with Crippen LogP contribution in [-0.4, -0.2) is 50.1 Å². The molecular weight excluding hydrogens is 400 g/mol. The Bertz CT molecular complexity index is 992. The lowest BCUT2D eigenvalue weighted by Gasteiger charge is -2.22. The van der Waals surface area contributed by atoms with E-state index >= 15 is 0 Å². The first-order valence-corrected chi connectivity index (χ1v) is 10.3. The van der Waals surface area contributed by atoms with Gasteiger partial charge < -0.3 is 5.32 Å². The fraction of sp³-hybridized carbons (Fsp3) is 0.273. The van der Waals surface area contributed by atoms with Gasteiger partial charge in [-0.15, -0.1) is 5.10 Å². The number of likely N-dealkylation sites (tertiary alicyclic amines) is 1. The summed E-state index contributed by atoms with van der Waals surface area (Å²) >= 11 is 6.22. The Morgan fingerprint density at radius 3 is 2.73 bits per heavy atom. The van der Waals surface area contributed by atoms with Gasteiger partial charge in [0.25, 0.3) is 0 Å². The number of benzene rings is 2. The van der Waals surface area contributed by atoms with Crippen molar-refractivity contribution in [2.45, 2.75) is 25.0 Å². The summed E-state index contributed by atoms with van der Waals surface area (Å²) in [6.45, 7) is 1.77. The average molecular weight is 423 g/mol. The average Bonchev–Trinajstić information content (AvgIpc) is 3.44. The lowest BCUT2D eigenvalue weighted by Crippen LogP contribution is -2.43. The molecule has 1 saturated heterocycles. The zero-order valence-corrected chi connectivity index (χ0v) is 17.2. The lowest BCUT2D eigenvalue weighted by atomic mass is 10.1. The van der Waals surface area contributed by atoms with Gasteiger partial charge in [0.2, 0.25) is 5.91 Å². The molecule has 0 aliphatic carbocycles. The molecule has 1 aliphatic heterocycles. The van der Waals surface area contributed by atoms with Gasteiger partial charge in [0, 0.05) is 24.7 Å². The van der Waals surface area contributed by atoms with E-state index in [1.54, 1.807) is 11.0 Å². The van der Waals surface area contributed by atoms with Gasteiger partial charge in [0.15, 0.2) is 0 Å². The number of amides is 1. The number of rotatable bonds is 7. The molecule has 1 aliphatic rings. The van der Waals surface area contributed by atoms with Crippen LogP contribution in [0, 0.1) is 0 Å². The normalized spacial score (nSPS) is 19.4. The first-order valence-electron chi connectivity index (χ1n) is 9.90. The molecule has 0 bridgehead atoms. The summed E-state index contributed by atoms with van der Waals surface area (Å²) in [5.74, 6) is -0.0152. The number of tetrazole rings is 1. The Morgan fingerprint density at radius 1 is 1.17 bits per heavy atom. The number of carbonyl (C=O) groups is 1. The van der Waals surface area contributed by atoms with Crippen molar-refractivity contribution in [2.75, 3.05) is 13.1 Å². The highest BCUT2D eigenvalue weighted by atomic mass is 35.5. The number of hydrogen-bond donors (Lipinski definition) is 1. The summed E-state index contributed by atoms with van der Waals surface area (Å²) in [6.07, 6.45) is 6.42. The highest BCUT2D eigenvalue weighted by Crippen LogP contribution is 2.27. The number of aromatic nitrogens is 4. The van der Waals surface area contributed by atoms with Crippen LogP contribution >= 0.6 is 11.6 Å². The molecule has 1 amide bonds. The van der Waals surface area contributed by atoms with Crippen molar-refractivity contribution in [1.29, 1.82) is 0 Å². The fourth-order valence-corrected chi connectivity index (χ4v) is 3.91. The van der Waals surface area contributed by atoms with E-state index in [0.29, 0.717) is 31.1 Å². The van der Waals surface area contributed by atoms with Crippen LogP contribution in [0.3, 0.4) is 0 Å². The van der Waals surface area contributed by atoms with Crippen LogP contribution in [0.15, 0.2) is 67.0 Å². The summed E-state index contributed by atoms with van der Waals surface area (Å²) in [4.78, 5) is 15.2. The second kappa shape index (κ2) is 9.65. The number of hydrogen-bond acceptors (Lipinski definition) is 5. The topological polar surface area (TPSA) is 75.9 Å². The molecule has 1 aromatic heterocycles. The van der Waals surface area contributed by atoms with Crippen molar-refractivity contribution < 1.29 is 4.79 Å². The van der Waals surface area contributed by atoms with Gasteiger partial charge in [0.1, 0.15) is 6.33 Å². The largest absolute Gasteiger partial charge is 0.351 e. The van der Waals surface area contributed by atoms with Crippen molar-refractivity contribution >= 4 is 23.6 Å². The summed E-state index contributed by atoms with van der Waals surface area (Å²) in [5.41, 5.74) is 2.03. The number of halogens is 1. The molecule has 0 saturated carbocycles. The van der Waals surface area contributed by atoms with E-state index in [9.17, 15) is 4.79 Å². The van der Waals surface area contributed by atoms with Crippen LogP contribution in [0.4, 0.5) is 0 Å². The van der Waals surface area contributed by atoms with Crippen molar-refractivity contribution in [3.8, 4) is 0 Å². The maximum atomic E-state index is 13.0. The molecule has 2 atom stereocenters. The minimum atomic E-state index is -0.262. The summed E-state index contributed by atoms with van der Waals surface area (Å²) < 4.78 is 1.73. The van der Waals surface area contributed by atoms with Crippen LogP contribution in [0.1, 0.15) is 23.6 Å². The summed E-state index contributed by atoms with van der Waals surface area (Å²) in [7, 11) is 0. The van der Waals surface area contributed by atoms with Gasteiger partial charge in [-0.2, -0.15) is 0 Å². The summed E-state index contributed by atoms with van der Waals surface area (Å²) in [5, 5.41) is 15.2. The van der Waals surface area contributed by atoms with Crippen LogP contribution in [0.2, 0.25) is 5.02 Å². The van der Waals surface area contributed by atoms with Crippen molar-refractivity contribution in [3.05, 3.63) is 83.2 Å². The van der Waals surface area contributed by atoms with Gasteiger partial charge in [0.05, 0.1) is 12.1 Å². The Kier molecular flexibility index (Phi) is 6.51. The number of carbonyl (C=O) groups excluding carboxylic acids is 1. The molecule has 3 aromatic rings. The predicted molar refractivity (Wildman–Crippen MR) is 116 cm³/mol. The standard InChI is InChI=1S/C22H23ClN6O/c23-20-11-5-4-10-18(20)14-24-22(30)21-13-19(29-16-25-26-27-29)15-28(21)12-6-9-17-7-2-1-3-8-17/h1-11,16,19,21H,12-15H2,(H,24,30)/b9-6+/t19-,21+/m1/s1. The highest BCUT2D eigenvalue weighted by Gasteiger charge is 2.37. The quantitative estimate of drug-likeness (QED) is 0.633. The van der Waals surface area contributed by atoms with E-state index in [4.69, 9.17) is 11.6 Å². The minimum Gasteiger partial charge on any atom is -0.351 e. The Hall–Kier alpha value is -3.03. The van der Waals surface area contributed by atoms with Crippen LogP contribution in [0.25, 0.3) is 6.08 Å². The zero-order chi connectivity index (χ0) is 20.8. The van der Waals surface area contributed by atoms with E-state index in [1.807, 2.05) is 42.5 Å². The monoisotopic (exact) mass is 422 g/mol. The Morgan fingerprint density at radius 2 is 1.97 bits per heavy atom. The first-order chi connectivity index (χ1) is 14.7. The van der Waals surface area contributed by atoms with Crippen molar-refractivity contribution in [3.63, 3.8) is 0 Å². The second-order valence-corrected chi connectivity index (χ2v) is 7.68. The molecule has 2 aromatic carbocycles. The maximum Gasteiger partial charge on any atom is 0.237 e. The first kappa shape index (κ1) is 20.3. The van der Waals surface area contributed by atoms with E-state index in [2.05, 4.69) is 50.0 Å². The molecule has 0 unspecified atom stereocenters. The molecule has 7 nitrogen and oxygen atoms in total. The van der Waals surface area contributed by atoms with E-state index in [-0.39, 0.29) is 18.0 Å². The van der Waals surface area contributed by atoms with Gasteiger partial charge >= 0.3 is 0 Å². The molecule has 0 spiro atoms. The van der Waals surface area contributed by atoms with E-state index < -0.39 is 0 Å².